The van der Waals surface area contributed by atoms with Gasteiger partial charge in [0, 0.05) is 5.56 Å². The summed E-state index contributed by atoms with van der Waals surface area (Å²) in [5, 5.41) is 0. The van der Waals surface area contributed by atoms with Gasteiger partial charge in [-0.25, -0.2) is 4.79 Å². The van der Waals surface area contributed by atoms with Gasteiger partial charge in [0.15, 0.2) is 0 Å². The lowest BCUT2D eigenvalue weighted by molar-refractivity contribution is -0.159. The number of ether oxygens (including phenoxy) is 2. The number of benzene rings is 1. The smallest absolute Gasteiger partial charge is 0.351 e. The maximum atomic E-state index is 11.2. The van der Waals surface area contributed by atoms with Crippen LogP contribution in [0.2, 0.25) is 0 Å². The number of carbonyl (C=O) groups is 2. The second-order valence-corrected chi connectivity index (χ2v) is 2.55. The highest BCUT2D eigenvalue weighted by atomic mass is 16.6. The number of hydrogen-bond acceptors (Lipinski definition) is 4. The molecular weight excluding hydrogens is 184 g/mol. The lowest BCUT2D eigenvalue weighted by Gasteiger charge is -2.12. The maximum absolute atomic E-state index is 11.2. The van der Waals surface area contributed by atoms with Gasteiger partial charge in [-0.15, -0.1) is 0 Å². The van der Waals surface area contributed by atoms with Gasteiger partial charge in [-0.05, 0) is 0 Å². The molecular formula is C10H10O4. The zero-order chi connectivity index (χ0) is 10.4. The van der Waals surface area contributed by atoms with Crippen LogP contribution in [0, 0.1) is 0 Å². The molecule has 0 spiro atoms. The summed E-state index contributed by atoms with van der Waals surface area (Å²) >= 11 is 0. The fourth-order valence-corrected chi connectivity index (χ4v) is 1.06. The van der Waals surface area contributed by atoms with E-state index in [1.54, 1.807) is 30.3 Å². The van der Waals surface area contributed by atoms with Crippen LogP contribution in [0.15, 0.2) is 30.3 Å². The molecule has 0 aliphatic rings. The lowest BCUT2D eigenvalue weighted by Crippen LogP contribution is -2.16. The minimum atomic E-state index is -0.973. The Hall–Kier alpha value is -1.84. The van der Waals surface area contributed by atoms with Crippen molar-refractivity contribution in [3.8, 4) is 0 Å². The van der Waals surface area contributed by atoms with Crippen LogP contribution >= 0.6 is 0 Å². The summed E-state index contributed by atoms with van der Waals surface area (Å²) in [6, 6.07) is 8.67. The van der Waals surface area contributed by atoms with Crippen LogP contribution in [0.5, 0.6) is 0 Å². The van der Waals surface area contributed by atoms with Crippen molar-refractivity contribution in [2.24, 2.45) is 0 Å². The predicted molar refractivity (Wildman–Crippen MR) is 48.3 cm³/mol. The van der Waals surface area contributed by atoms with Crippen LogP contribution < -0.4 is 0 Å². The predicted octanol–water partition coefficient (Wildman–Crippen LogP) is 1.07. The topological polar surface area (TPSA) is 52.6 Å². The van der Waals surface area contributed by atoms with Crippen LogP contribution in [0.25, 0.3) is 0 Å². The van der Waals surface area contributed by atoms with Gasteiger partial charge in [0.1, 0.15) is 0 Å². The van der Waals surface area contributed by atoms with Crippen molar-refractivity contribution in [3.63, 3.8) is 0 Å². The average Bonchev–Trinajstić information content (AvgIpc) is 2.26. The van der Waals surface area contributed by atoms with E-state index < -0.39 is 12.1 Å². The van der Waals surface area contributed by atoms with E-state index >= 15 is 0 Å². The standard InChI is InChI=1S/C10H10O4/c1-13-10(12)9(14-7-11)8-5-3-2-4-6-8/h2-7,9H,1H3/t9-/m1/s1. The first-order valence-corrected chi connectivity index (χ1v) is 4.01. The molecule has 1 aromatic carbocycles. The lowest BCUT2D eigenvalue weighted by atomic mass is 10.1. The second kappa shape index (κ2) is 5.01. The molecule has 1 rings (SSSR count). The van der Waals surface area contributed by atoms with Crippen LogP contribution in [0.4, 0.5) is 0 Å². The summed E-state index contributed by atoms with van der Waals surface area (Å²) < 4.78 is 9.12. The van der Waals surface area contributed by atoms with Crippen molar-refractivity contribution in [1.29, 1.82) is 0 Å². The third kappa shape index (κ3) is 2.32. The van der Waals surface area contributed by atoms with Crippen LogP contribution in [0.1, 0.15) is 11.7 Å². The SMILES string of the molecule is COC(=O)[C@H](OC=O)c1ccccc1. The largest absolute Gasteiger partial charge is 0.466 e. The summed E-state index contributed by atoms with van der Waals surface area (Å²) in [4.78, 5) is 21.4. The number of carbonyl (C=O) groups excluding carboxylic acids is 2. The van der Waals surface area contributed by atoms with E-state index in [-0.39, 0.29) is 6.47 Å². The molecule has 0 heterocycles. The molecule has 0 aromatic heterocycles. The number of rotatable bonds is 4. The van der Waals surface area contributed by atoms with Crippen molar-refractivity contribution in [2.75, 3.05) is 7.11 Å². The Morgan fingerprint density at radius 3 is 2.50 bits per heavy atom. The Bertz CT molecular complexity index is 307. The summed E-state index contributed by atoms with van der Waals surface area (Å²) in [6.07, 6.45) is -0.973. The third-order valence-corrected chi connectivity index (χ3v) is 1.71. The molecule has 1 aromatic rings. The first-order chi connectivity index (χ1) is 6.79. The van der Waals surface area contributed by atoms with Crippen molar-refractivity contribution < 1.29 is 19.1 Å². The zero-order valence-corrected chi connectivity index (χ0v) is 7.67. The molecule has 14 heavy (non-hydrogen) atoms. The van der Waals surface area contributed by atoms with E-state index in [0.29, 0.717) is 5.56 Å². The van der Waals surface area contributed by atoms with Gasteiger partial charge in [-0.2, -0.15) is 0 Å². The molecule has 0 saturated heterocycles. The van der Waals surface area contributed by atoms with Crippen LogP contribution in [-0.2, 0) is 19.1 Å². The number of esters is 1. The summed E-state index contributed by atoms with van der Waals surface area (Å²) in [5.74, 6) is -0.594. The van der Waals surface area contributed by atoms with E-state index in [4.69, 9.17) is 0 Å². The quantitative estimate of drug-likeness (QED) is 0.531. The van der Waals surface area contributed by atoms with Crippen LogP contribution in [-0.4, -0.2) is 19.6 Å². The van der Waals surface area contributed by atoms with Crippen molar-refractivity contribution in [2.45, 2.75) is 6.10 Å². The highest BCUT2D eigenvalue weighted by Crippen LogP contribution is 2.17. The summed E-state index contributed by atoms with van der Waals surface area (Å²) in [5.41, 5.74) is 0.589. The molecule has 4 heteroatoms. The van der Waals surface area contributed by atoms with Crippen molar-refractivity contribution in [3.05, 3.63) is 35.9 Å². The molecule has 0 saturated carbocycles. The average molecular weight is 194 g/mol. The highest BCUT2D eigenvalue weighted by Gasteiger charge is 2.21. The first kappa shape index (κ1) is 10.2. The zero-order valence-electron chi connectivity index (χ0n) is 7.67. The second-order valence-electron chi connectivity index (χ2n) is 2.55. The van der Waals surface area contributed by atoms with Gasteiger partial charge in [0.05, 0.1) is 7.11 Å². The fourth-order valence-electron chi connectivity index (χ4n) is 1.06. The van der Waals surface area contributed by atoms with E-state index in [1.165, 1.54) is 7.11 Å². The maximum Gasteiger partial charge on any atom is 0.351 e. The highest BCUT2D eigenvalue weighted by molar-refractivity contribution is 5.77. The molecule has 0 radical (unpaired) electrons. The van der Waals surface area contributed by atoms with Gasteiger partial charge in [-0.3, -0.25) is 4.79 Å². The Balaban J connectivity index is 2.88. The van der Waals surface area contributed by atoms with Gasteiger partial charge >= 0.3 is 5.97 Å². The van der Waals surface area contributed by atoms with E-state index in [0.717, 1.165) is 0 Å². The van der Waals surface area contributed by atoms with Gasteiger partial charge in [0.25, 0.3) is 6.47 Å². The minimum absolute atomic E-state index is 0.231. The molecule has 0 amide bonds. The van der Waals surface area contributed by atoms with E-state index in [1.807, 2.05) is 0 Å². The Morgan fingerprint density at radius 2 is 2.00 bits per heavy atom. The summed E-state index contributed by atoms with van der Waals surface area (Å²) in [6.45, 7) is 0.231. The van der Waals surface area contributed by atoms with Crippen molar-refractivity contribution in [1.82, 2.24) is 0 Å². The Kier molecular flexibility index (Phi) is 3.67. The third-order valence-electron chi connectivity index (χ3n) is 1.71. The monoisotopic (exact) mass is 194 g/mol. The molecule has 0 unspecified atom stereocenters. The van der Waals surface area contributed by atoms with Crippen LogP contribution in [0.3, 0.4) is 0 Å². The van der Waals surface area contributed by atoms with Gasteiger partial charge in [0.2, 0.25) is 6.10 Å². The molecule has 0 fully saturated rings. The molecule has 0 N–H and O–H groups in total. The normalized spacial score (nSPS) is 11.5. The fraction of sp³-hybridized carbons (Fsp3) is 0.200. The minimum Gasteiger partial charge on any atom is -0.466 e. The Morgan fingerprint density at radius 1 is 1.36 bits per heavy atom. The number of hydrogen-bond donors (Lipinski definition) is 0. The molecule has 74 valence electrons. The molecule has 0 aliphatic carbocycles. The van der Waals surface area contributed by atoms with E-state index in [9.17, 15) is 9.59 Å². The number of methoxy groups -OCH3 is 1. The van der Waals surface area contributed by atoms with Gasteiger partial charge in [-0.1, -0.05) is 30.3 Å². The molecule has 4 nitrogen and oxygen atoms in total. The molecule has 0 bridgehead atoms. The Labute approximate surface area is 81.4 Å². The summed E-state index contributed by atoms with van der Waals surface area (Å²) in [7, 11) is 1.24. The molecule has 1 atom stereocenters. The van der Waals surface area contributed by atoms with Gasteiger partial charge < -0.3 is 9.47 Å². The first-order valence-electron chi connectivity index (χ1n) is 4.01. The molecule has 0 aliphatic heterocycles. The van der Waals surface area contributed by atoms with Crippen molar-refractivity contribution >= 4 is 12.4 Å². The van der Waals surface area contributed by atoms with E-state index in [2.05, 4.69) is 9.47 Å².